The third-order valence-corrected chi connectivity index (χ3v) is 5.42. The van der Waals surface area contributed by atoms with Crippen molar-refractivity contribution >= 4 is 23.1 Å². The minimum absolute atomic E-state index is 0.0731. The molecule has 0 radical (unpaired) electrons. The van der Waals surface area contributed by atoms with E-state index in [9.17, 15) is 14.7 Å². The summed E-state index contributed by atoms with van der Waals surface area (Å²) < 4.78 is 7.96. The van der Waals surface area contributed by atoms with Gasteiger partial charge in [0.1, 0.15) is 5.57 Å². The minimum Gasteiger partial charge on any atom is -0.858 e. The fourth-order valence-electron chi connectivity index (χ4n) is 3.75. The van der Waals surface area contributed by atoms with Gasteiger partial charge >= 0.3 is 5.91 Å². The van der Waals surface area contributed by atoms with Crippen molar-refractivity contribution in [1.29, 1.82) is 0 Å². The third-order valence-electron chi connectivity index (χ3n) is 5.42. The predicted octanol–water partition coefficient (Wildman–Crippen LogP) is 1.49. The van der Waals surface area contributed by atoms with E-state index in [4.69, 9.17) is 4.74 Å². The Morgan fingerprint density at radius 2 is 1.75 bits per heavy atom. The van der Waals surface area contributed by atoms with Gasteiger partial charge in [0, 0.05) is 24.8 Å². The second-order valence-electron chi connectivity index (χ2n) is 7.49. The lowest BCUT2D eigenvalue weighted by Crippen LogP contribution is -2.40. The number of para-hydroxylation sites is 1. The van der Waals surface area contributed by atoms with E-state index in [1.54, 1.807) is 29.1 Å². The van der Waals surface area contributed by atoms with Crippen LogP contribution in [0.1, 0.15) is 23.7 Å². The van der Waals surface area contributed by atoms with Crippen LogP contribution in [0.5, 0.6) is 5.88 Å². The lowest BCUT2D eigenvalue weighted by atomic mass is 10.0. The summed E-state index contributed by atoms with van der Waals surface area (Å²) in [7, 11) is 1.50. The lowest BCUT2D eigenvalue weighted by Gasteiger charge is -2.15. The van der Waals surface area contributed by atoms with Gasteiger partial charge in [-0.3, -0.25) is 14.5 Å². The first-order valence-electron chi connectivity index (χ1n) is 10.4. The average Bonchev–Trinajstić information content (AvgIpc) is 3.26. The zero-order chi connectivity index (χ0) is 22.8. The second kappa shape index (κ2) is 8.76. The Kier molecular flexibility index (Phi) is 5.87. The van der Waals surface area contributed by atoms with Crippen molar-refractivity contribution in [3.63, 3.8) is 0 Å². The fraction of sp³-hybridized carbons (Fsp3) is 0.250. The molecule has 8 heteroatoms. The predicted molar refractivity (Wildman–Crippen MR) is 115 cm³/mol. The summed E-state index contributed by atoms with van der Waals surface area (Å²) in [5.74, 6) is -1.41. The Morgan fingerprint density at radius 1 is 1.06 bits per heavy atom. The Hall–Kier alpha value is -3.78. The summed E-state index contributed by atoms with van der Waals surface area (Å²) in [4.78, 5) is 27.9. The third kappa shape index (κ3) is 3.58. The number of amides is 2. The molecule has 4 rings (SSSR count). The maximum Gasteiger partial charge on any atom is 0.326 e. The van der Waals surface area contributed by atoms with Crippen LogP contribution < -0.4 is 9.67 Å². The van der Waals surface area contributed by atoms with Crippen LogP contribution in [0.25, 0.3) is 17.0 Å². The van der Waals surface area contributed by atoms with Crippen LogP contribution in [0.3, 0.4) is 0 Å². The Bertz CT molecular complexity index is 1200. The molecule has 1 aromatic carbocycles. The number of benzene rings is 1. The van der Waals surface area contributed by atoms with Crippen molar-refractivity contribution in [3.8, 4) is 11.6 Å². The molecular formula is C24H24N4O4. The molecule has 1 aliphatic rings. The largest absolute Gasteiger partial charge is 0.858 e. The first-order chi connectivity index (χ1) is 15.5. The SMILES string of the molecule is CCc1nn(-c2ccccc2)c([O-])c1C1=C([n+]2ccc(C)cc2)C(=O)N(CCOC)C1=O. The number of imide groups is 1. The number of aryl methyl sites for hydroxylation is 2. The molecule has 0 bridgehead atoms. The van der Waals surface area contributed by atoms with E-state index in [2.05, 4.69) is 5.10 Å². The molecule has 0 spiro atoms. The topological polar surface area (TPSA) is 91.4 Å². The van der Waals surface area contributed by atoms with Gasteiger partial charge in [0.2, 0.25) is 0 Å². The highest BCUT2D eigenvalue weighted by atomic mass is 16.5. The average molecular weight is 432 g/mol. The van der Waals surface area contributed by atoms with Crippen molar-refractivity contribution < 1.29 is 24.0 Å². The summed E-state index contributed by atoms with van der Waals surface area (Å²) in [5.41, 5.74) is 2.45. The Morgan fingerprint density at radius 3 is 2.38 bits per heavy atom. The highest BCUT2D eigenvalue weighted by molar-refractivity contribution is 6.44. The molecule has 0 aliphatic carbocycles. The molecule has 0 saturated heterocycles. The lowest BCUT2D eigenvalue weighted by molar-refractivity contribution is -0.577. The molecule has 1 aliphatic heterocycles. The van der Waals surface area contributed by atoms with Gasteiger partial charge in [-0.1, -0.05) is 25.1 Å². The highest BCUT2D eigenvalue weighted by Crippen LogP contribution is 2.36. The van der Waals surface area contributed by atoms with Gasteiger partial charge in [-0.15, -0.1) is 0 Å². The van der Waals surface area contributed by atoms with E-state index in [1.807, 2.05) is 44.2 Å². The number of nitrogens with zero attached hydrogens (tertiary/aromatic N) is 4. The molecule has 0 atom stereocenters. The number of carbonyl (C=O) groups excluding carboxylic acids is 2. The number of ether oxygens (including phenoxy) is 1. The van der Waals surface area contributed by atoms with E-state index < -0.39 is 17.7 Å². The zero-order valence-electron chi connectivity index (χ0n) is 18.2. The molecule has 0 fully saturated rings. The first kappa shape index (κ1) is 21.5. The van der Waals surface area contributed by atoms with Crippen LogP contribution in [-0.4, -0.2) is 46.8 Å². The van der Waals surface area contributed by atoms with Gasteiger partial charge in [0.25, 0.3) is 11.6 Å². The summed E-state index contributed by atoms with van der Waals surface area (Å²) >= 11 is 0. The number of carbonyl (C=O) groups is 2. The normalized spacial score (nSPS) is 14.0. The van der Waals surface area contributed by atoms with E-state index in [0.717, 1.165) is 10.5 Å². The van der Waals surface area contributed by atoms with Gasteiger partial charge in [-0.25, -0.2) is 4.68 Å². The van der Waals surface area contributed by atoms with Crippen LogP contribution in [0, 0.1) is 6.92 Å². The van der Waals surface area contributed by atoms with Crippen molar-refractivity contribution in [2.24, 2.45) is 0 Å². The molecule has 8 nitrogen and oxygen atoms in total. The summed E-state index contributed by atoms with van der Waals surface area (Å²) in [5, 5.41) is 18.0. The molecule has 2 aromatic heterocycles. The van der Waals surface area contributed by atoms with E-state index in [-0.39, 0.29) is 30.0 Å². The Balaban J connectivity index is 1.95. The molecule has 0 saturated carbocycles. The Labute approximate surface area is 186 Å². The van der Waals surface area contributed by atoms with Crippen molar-refractivity contribution in [2.75, 3.05) is 20.3 Å². The number of rotatable bonds is 7. The second-order valence-corrected chi connectivity index (χ2v) is 7.49. The molecule has 164 valence electrons. The van der Waals surface area contributed by atoms with Crippen LogP contribution in [-0.2, 0) is 20.7 Å². The van der Waals surface area contributed by atoms with Crippen LogP contribution in [0.4, 0.5) is 0 Å². The molecule has 2 amide bonds. The fourth-order valence-corrected chi connectivity index (χ4v) is 3.75. The standard InChI is InChI=1S/C24H24N4O4/c1-4-18-19(23(30)28(25-18)17-8-6-5-7-9-17)20-21(26-12-10-16(2)11-13-26)24(31)27(22(20)29)14-15-32-3/h5-13H,4,14-15H2,1-3H3. The van der Waals surface area contributed by atoms with Crippen LogP contribution >= 0.6 is 0 Å². The van der Waals surface area contributed by atoms with Gasteiger partial charge in [-0.2, -0.15) is 9.67 Å². The van der Waals surface area contributed by atoms with Crippen molar-refractivity contribution in [3.05, 3.63) is 71.7 Å². The maximum absolute atomic E-state index is 13.5. The first-order valence-corrected chi connectivity index (χ1v) is 10.4. The number of aromatic nitrogens is 3. The molecule has 3 aromatic rings. The molecule has 3 heterocycles. The van der Waals surface area contributed by atoms with Gasteiger partial charge in [0.15, 0.2) is 12.4 Å². The number of methoxy groups -OCH3 is 1. The van der Waals surface area contributed by atoms with Gasteiger partial charge in [-0.05, 0) is 36.9 Å². The number of hydrogen-bond acceptors (Lipinski definition) is 5. The maximum atomic E-state index is 13.5. The van der Waals surface area contributed by atoms with E-state index in [1.165, 1.54) is 11.8 Å². The molecule has 0 N–H and O–H groups in total. The minimum atomic E-state index is -0.519. The molecule has 32 heavy (non-hydrogen) atoms. The number of pyridine rings is 1. The van der Waals surface area contributed by atoms with Crippen molar-refractivity contribution in [1.82, 2.24) is 14.7 Å². The van der Waals surface area contributed by atoms with E-state index >= 15 is 0 Å². The summed E-state index contributed by atoms with van der Waals surface area (Å²) in [6.45, 7) is 4.09. The molecule has 0 unspecified atom stereocenters. The van der Waals surface area contributed by atoms with Crippen LogP contribution in [0.2, 0.25) is 0 Å². The monoisotopic (exact) mass is 432 g/mol. The zero-order valence-corrected chi connectivity index (χ0v) is 18.2. The number of hydrogen-bond donors (Lipinski definition) is 0. The summed E-state index contributed by atoms with van der Waals surface area (Å²) in [6, 6.07) is 12.7. The molecular weight excluding hydrogens is 408 g/mol. The van der Waals surface area contributed by atoms with Gasteiger partial charge in [0.05, 0.1) is 24.5 Å². The van der Waals surface area contributed by atoms with E-state index in [0.29, 0.717) is 17.8 Å². The smallest absolute Gasteiger partial charge is 0.326 e. The summed E-state index contributed by atoms with van der Waals surface area (Å²) in [6.07, 6.45) is 3.86. The van der Waals surface area contributed by atoms with Crippen molar-refractivity contribution in [2.45, 2.75) is 20.3 Å². The quantitative estimate of drug-likeness (QED) is 0.417. The van der Waals surface area contributed by atoms with Gasteiger partial charge < -0.3 is 9.84 Å². The highest BCUT2D eigenvalue weighted by Gasteiger charge is 2.46. The van der Waals surface area contributed by atoms with Crippen LogP contribution in [0.15, 0.2) is 54.9 Å².